The van der Waals surface area contributed by atoms with Crippen LogP contribution in [0.2, 0.25) is 0 Å². The zero-order valence-electron chi connectivity index (χ0n) is 12.1. The van der Waals surface area contributed by atoms with Crippen LogP contribution in [0.15, 0.2) is 57.5 Å². The first-order chi connectivity index (χ1) is 11.3. The fourth-order valence-electron chi connectivity index (χ4n) is 1.66. The van der Waals surface area contributed by atoms with Crippen LogP contribution in [-0.2, 0) is 9.59 Å². The molecule has 0 spiro atoms. The van der Waals surface area contributed by atoms with Crippen molar-refractivity contribution in [3.8, 4) is 0 Å². The third-order valence-corrected chi connectivity index (χ3v) is 4.31. The Labute approximate surface area is 154 Å². The molecule has 2 atom stereocenters. The molecule has 6 nitrogen and oxygen atoms in total. The summed E-state index contributed by atoms with van der Waals surface area (Å²) < 4.78 is 1.19. The summed E-state index contributed by atoms with van der Waals surface area (Å²) in [4.78, 5) is 20.8. The van der Waals surface area contributed by atoms with E-state index < -0.39 is 24.1 Å². The van der Waals surface area contributed by atoms with E-state index in [-0.39, 0.29) is 0 Å². The van der Waals surface area contributed by atoms with Gasteiger partial charge in [-0.3, -0.25) is 0 Å². The largest absolute Gasteiger partial charge is 0.479 e. The van der Waals surface area contributed by atoms with Gasteiger partial charge in [-0.05, 0) is 12.1 Å². The number of hydrogen-bond donors (Lipinski definition) is 4. The Hall–Kier alpha value is -1.74. The lowest BCUT2D eigenvalue weighted by Gasteiger charge is -2.06. The topological polar surface area (TPSA) is 115 Å². The van der Waals surface area contributed by atoms with Crippen molar-refractivity contribution in [2.45, 2.75) is 12.2 Å². The normalized spacial score (nSPS) is 12.5. The number of halogens is 2. The predicted molar refractivity (Wildman–Crippen MR) is 93.5 cm³/mol. The van der Waals surface area contributed by atoms with Crippen LogP contribution >= 0.6 is 31.9 Å². The molecule has 4 N–H and O–H groups in total. The Kier molecular flexibility index (Phi) is 8.06. The molecule has 24 heavy (non-hydrogen) atoms. The van der Waals surface area contributed by atoms with Gasteiger partial charge in [0, 0.05) is 20.1 Å². The highest BCUT2D eigenvalue weighted by molar-refractivity contribution is 9.10. The summed E-state index contributed by atoms with van der Waals surface area (Å²) in [5, 5.41) is 35.3. The minimum atomic E-state index is -1.46. The van der Waals surface area contributed by atoms with Crippen molar-refractivity contribution in [3.05, 3.63) is 68.6 Å². The fraction of sp³-hybridized carbons (Fsp3) is 0.125. The summed E-state index contributed by atoms with van der Waals surface area (Å²) in [6.45, 7) is 0. The first-order valence-electron chi connectivity index (χ1n) is 6.56. The molecule has 2 aromatic rings. The van der Waals surface area contributed by atoms with Crippen molar-refractivity contribution in [1.29, 1.82) is 0 Å². The van der Waals surface area contributed by atoms with E-state index in [4.69, 9.17) is 20.4 Å². The van der Waals surface area contributed by atoms with Crippen LogP contribution in [0.4, 0.5) is 0 Å². The summed E-state index contributed by atoms with van der Waals surface area (Å²) in [7, 11) is 0. The summed E-state index contributed by atoms with van der Waals surface area (Å²) in [5.74, 6) is -2.50. The molecule has 2 rings (SSSR count). The first-order valence-corrected chi connectivity index (χ1v) is 8.15. The van der Waals surface area contributed by atoms with Crippen molar-refractivity contribution in [2.75, 3.05) is 0 Å². The molecule has 0 aliphatic rings. The van der Waals surface area contributed by atoms with E-state index in [2.05, 4.69) is 31.9 Å². The average molecular weight is 462 g/mol. The van der Waals surface area contributed by atoms with Crippen LogP contribution < -0.4 is 0 Å². The molecule has 2 aromatic carbocycles. The quantitative estimate of drug-likeness (QED) is 0.556. The van der Waals surface area contributed by atoms with Gasteiger partial charge < -0.3 is 20.4 Å². The van der Waals surface area contributed by atoms with Gasteiger partial charge in [-0.15, -0.1) is 0 Å². The molecule has 0 aromatic heterocycles. The molecule has 0 bridgehead atoms. The van der Waals surface area contributed by atoms with Crippen molar-refractivity contribution in [3.63, 3.8) is 0 Å². The van der Waals surface area contributed by atoms with Crippen molar-refractivity contribution >= 4 is 43.8 Å². The predicted octanol–water partition coefficient (Wildman–Crippen LogP) is 3.13. The lowest BCUT2D eigenvalue weighted by molar-refractivity contribution is -0.147. The molecule has 0 unspecified atom stereocenters. The smallest absolute Gasteiger partial charge is 0.337 e. The number of hydrogen-bond acceptors (Lipinski definition) is 4. The van der Waals surface area contributed by atoms with Gasteiger partial charge in [-0.2, -0.15) is 0 Å². The molecular weight excluding hydrogens is 448 g/mol. The van der Waals surface area contributed by atoms with Crippen LogP contribution in [0.1, 0.15) is 23.3 Å². The molecule has 0 aliphatic carbocycles. The summed E-state index contributed by atoms with van der Waals surface area (Å²) >= 11 is 6.28. The highest BCUT2D eigenvalue weighted by atomic mass is 79.9. The van der Waals surface area contributed by atoms with Crippen LogP contribution in [0.25, 0.3) is 0 Å². The van der Waals surface area contributed by atoms with Crippen LogP contribution in [-0.4, -0.2) is 32.4 Å². The second-order valence-electron chi connectivity index (χ2n) is 4.52. The average Bonchev–Trinajstić information content (AvgIpc) is 2.55. The zero-order chi connectivity index (χ0) is 18.3. The van der Waals surface area contributed by atoms with Gasteiger partial charge in [0.1, 0.15) is 0 Å². The molecule has 0 fully saturated rings. The molecular formula is C16H14Br2O6. The fourth-order valence-corrected chi connectivity index (χ4v) is 2.66. The van der Waals surface area contributed by atoms with E-state index >= 15 is 0 Å². The number of aliphatic hydroxyl groups is 2. The molecule has 0 heterocycles. The molecule has 0 saturated carbocycles. The number of carbonyl (C=O) groups is 2. The molecule has 0 radical (unpaired) electrons. The lowest BCUT2D eigenvalue weighted by atomic mass is 10.1. The third kappa shape index (κ3) is 5.72. The maximum Gasteiger partial charge on any atom is 0.337 e. The second kappa shape index (κ2) is 9.53. The van der Waals surface area contributed by atoms with Crippen molar-refractivity contribution < 1.29 is 30.0 Å². The van der Waals surface area contributed by atoms with Gasteiger partial charge in [0.2, 0.25) is 0 Å². The van der Waals surface area contributed by atoms with Gasteiger partial charge in [0.25, 0.3) is 0 Å². The molecule has 0 amide bonds. The van der Waals surface area contributed by atoms with Gasteiger partial charge in [-0.1, -0.05) is 68.3 Å². The monoisotopic (exact) mass is 460 g/mol. The molecule has 8 heteroatoms. The van der Waals surface area contributed by atoms with E-state index in [0.29, 0.717) is 20.1 Å². The number of aliphatic carboxylic acids is 2. The number of rotatable bonds is 4. The van der Waals surface area contributed by atoms with Crippen molar-refractivity contribution in [1.82, 2.24) is 0 Å². The number of carboxylic acids is 2. The third-order valence-electron chi connectivity index (χ3n) is 2.87. The van der Waals surface area contributed by atoms with E-state index in [9.17, 15) is 9.59 Å². The van der Waals surface area contributed by atoms with Gasteiger partial charge in [-0.25, -0.2) is 9.59 Å². The second-order valence-corrected chi connectivity index (χ2v) is 6.23. The van der Waals surface area contributed by atoms with Crippen LogP contribution in [0.3, 0.4) is 0 Å². The first kappa shape index (κ1) is 20.3. The maximum absolute atomic E-state index is 10.4. The summed E-state index contributed by atoms with van der Waals surface area (Å²) in [5.41, 5.74) is 0.731. The van der Waals surface area contributed by atoms with Crippen LogP contribution in [0.5, 0.6) is 0 Å². The Morgan fingerprint density at radius 1 is 0.708 bits per heavy atom. The van der Waals surface area contributed by atoms with E-state index in [1.165, 1.54) is 0 Å². The Balaban J connectivity index is 0.000000240. The van der Waals surface area contributed by atoms with Gasteiger partial charge in [0.05, 0.1) is 0 Å². The molecule has 128 valence electrons. The highest BCUT2D eigenvalue weighted by Gasteiger charge is 2.18. The highest BCUT2D eigenvalue weighted by Crippen LogP contribution is 2.23. The minimum absolute atomic E-state index is 0.366. The molecule has 0 aliphatic heterocycles. The Morgan fingerprint density at radius 3 is 1.25 bits per heavy atom. The zero-order valence-corrected chi connectivity index (χ0v) is 15.3. The maximum atomic E-state index is 10.4. The van der Waals surface area contributed by atoms with E-state index in [1.54, 1.807) is 48.5 Å². The number of aliphatic hydroxyl groups excluding tert-OH is 2. The van der Waals surface area contributed by atoms with E-state index in [1.807, 2.05) is 0 Å². The van der Waals surface area contributed by atoms with E-state index in [0.717, 1.165) is 0 Å². The summed E-state index contributed by atoms with van der Waals surface area (Å²) in [6, 6.07) is 13.3. The Morgan fingerprint density at radius 2 is 1.00 bits per heavy atom. The minimum Gasteiger partial charge on any atom is -0.479 e. The number of benzene rings is 2. The van der Waals surface area contributed by atoms with Gasteiger partial charge >= 0.3 is 11.9 Å². The van der Waals surface area contributed by atoms with Crippen LogP contribution in [0, 0.1) is 0 Å². The lowest BCUT2D eigenvalue weighted by Crippen LogP contribution is -2.10. The SMILES string of the molecule is O=C(O)[C@@H](O)c1ccccc1Br.O=C(O)[C@@H](O)c1ccccc1Br. The Bertz CT molecular complexity index is 658. The number of carboxylic acid groups (broad SMARTS) is 2. The van der Waals surface area contributed by atoms with Gasteiger partial charge in [0.15, 0.2) is 12.2 Å². The standard InChI is InChI=1S/2C8H7BrO3/c2*9-6-4-2-1-3-5(6)7(10)8(11)12/h2*1-4,7,10H,(H,11,12)/t2*7-/m00/s1. The summed E-state index contributed by atoms with van der Waals surface area (Å²) in [6.07, 6.45) is -2.92. The molecule has 0 saturated heterocycles. The van der Waals surface area contributed by atoms with Crippen molar-refractivity contribution in [2.24, 2.45) is 0 Å².